The second-order valence-electron chi connectivity index (χ2n) is 10.3. The number of aryl methyl sites for hydroxylation is 1. The van der Waals surface area contributed by atoms with E-state index in [4.69, 9.17) is 5.11 Å². The first-order valence-corrected chi connectivity index (χ1v) is 11.2. The number of carboxylic acids is 1. The van der Waals surface area contributed by atoms with Crippen LogP contribution in [-0.2, 0) is 17.4 Å². The zero-order valence-electron chi connectivity index (χ0n) is 19.6. The van der Waals surface area contributed by atoms with Gasteiger partial charge in [0.2, 0.25) is 0 Å². The monoisotopic (exact) mass is 428 g/mol. The van der Waals surface area contributed by atoms with Gasteiger partial charge in [0.05, 0.1) is 18.3 Å². The molecule has 1 N–H and O–H groups in total. The van der Waals surface area contributed by atoms with Crippen molar-refractivity contribution in [3.05, 3.63) is 87.7 Å². The lowest BCUT2D eigenvalue weighted by Crippen LogP contribution is -2.34. The molecule has 1 aliphatic rings. The lowest BCUT2D eigenvalue weighted by Gasteiger charge is -2.42. The molecular weight excluding hydrogens is 396 g/mol. The van der Waals surface area contributed by atoms with E-state index in [0.29, 0.717) is 5.56 Å². The molecule has 1 aromatic heterocycles. The smallest absolute Gasteiger partial charge is 0.335 e. The maximum Gasteiger partial charge on any atom is 0.335 e. The van der Waals surface area contributed by atoms with E-state index < -0.39 is 5.97 Å². The highest BCUT2D eigenvalue weighted by molar-refractivity contribution is 5.88. The Bertz CT molecular complexity index is 1180. The number of hydrogen-bond donors (Lipinski definition) is 1. The third-order valence-electron chi connectivity index (χ3n) is 6.82. The molecule has 0 atom stereocenters. The molecule has 0 aliphatic heterocycles. The molecule has 0 fully saturated rings. The van der Waals surface area contributed by atoms with Crippen molar-refractivity contribution in [2.75, 3.05) is 0 Å². The predicted molar refractivity (Wildman–Crippen MR) is 130 cm³/mol. The summed E-state index contributed by atoms with van der Waals surface area (Å²) < 4.78 is 2.00. The Morgan fingerprint density at radius 1 is 1.03 bits per heavy atom. The van der Waals surface area contributed by atoms with E-state index in [9.17, 15) is 4.79 Å². The van der Waals surface area contributed by atoms with E-state index in [1.807, 2.05) is 23.0 Å². The average molecular weight is 429 g/mol. The normalized spacial score (nSPS) is 16.8. The fraction of sp³-hybridized carbons (Fsp3) is 0.357. The van der Waals surface area contributed by atoms with Crippen molar-refractivity contribution in [1.82, 2.24) is 9.78 Å². The molecule has 0 amide bonds. The van der Waals surface area contributed by atoms with Crippen LogP contribution in [-0.4, -0.2) is 20.9 Å². The molecule has 3 aromatic rings. The number of aromatic carboxylic acids is 1. The third-order valence-corrected chi connectivity index (χ3v) is 6.82. The molecule has 166 valence electrons. The first-order valence-electron chi connectivity index (χ1n) is 11.2. The van der Waals surface area contributed by atoms with Crippen LogP contribution in [0.5, 0.6) is 0 Å². The number of nitrogens with zero attached hydrogens (tertiary/aromatic N) is 2. The molecular formula is C28H32N2O2. The quantitative estimate of drug-likeness (QED) is 0.475. The van der Waals surface area contributed by atoms with Gasteiger partial charge in [0, 0.05) is 6.20 Å². The zero-order chi connectivity index (χ0) is 23.1. The maximum atomic E-state index is 11.1. The number of rotatable bonds is 5. The van der Waals surface area contributed by atoms with Gasteiger partial charge in [-0.3, -0.25) is 4.68 Å². The number of benzene rings is 2. The van der Waals surface area contributed by atoms with Crippen molar-refractivity contribution in [3.63, 3.8) is 0 Å². The molecule has 0 spiro atoms. The van der Waals surface area contributed by atoms with Gasteiger partial charge in [-0.2, -0.15) is 5.10 Å². The highest BCUT2D eigenvalue weighted by Gasteiger charge is 2.37. The van der Waals surface area contributed by atoms with Crippen LogP contribution in [0.2, 0.25) is 0 Å². The van der Waals surface area contributed by atoms with Crippen molar-refractivity contribution in [2.24, 2.45) is 0 Å². The second-order valence-corrected chi connectivity index (χ2v) is 10.3. The topological polar surface area (TPSA) is 55.1 Å². The Hall–Kier alpha value is -3.14. The molecule has 4 nitrogen and oxygen atoms in total. The van der Waals surface area contributed by atoms with E-state index in [-0.39, 0.29) is 10.8 Å². The van der Waals surface area contributed by atoms with Gasteiger partial charge in [-0.15, -0.1) is 0 Å². The summed E-state index contributed by atoms with van der Waals surface area (Å²) in [5.74, 6) is -0.906. The fourth-order valence-corrected chi connectivity index (χ4v) is 4.62. The minimum atomic E-state index is -0.906. The maximum absolute atomic E-state index is 11.1. The molecule has 0 saturated heterocycles. The van der Waals surface area contributed by atoms with Gasteiger partial charge in [0.25, 0.3) is 0 Å². The van der Waals surface area contributed by atoms with Gasteiger partial charge in [0.1, 0.15) is 0 Å². The first-order chi connectivity index (χ1) is 15.0. The van der Waals surface area contributed by atoms with E-state index in [2.05, 4.69) is 70.2 Å². The Kier molecular flexibility index (Phi) is 5.58. The van der Waals surface area contributed by atoms with Crippen molar-refractivity contribution in [3.8, 4) is 0 Å². The van der Waals surface area contributed by atoms with Gasteiger partial charge >= 0.3 is 5.97 Å². The average Bonchev–Trinajstić information content (AvgIpc) is 3.15. The summed E-state index contributed by atoms with van der Waals surface area (Å²) in [6.45, 7) is 12.2. The van der Waals surface area contributed by atoms with E-state index in [1.165, 1.54) is 35.1 Å². The second kappa shape index (κ2) is 8.09. The summed E-state index contributed by atoms with van der Waals surface area (Å²) in [6, 6.07) is 11.7. The summed E-state index contributed by atoms with van der Waals surface area (Å²) in [7, 11) is 0. The number of carbonyl (C=O) groups is 1. The van der Waals surface area contributed by atoms with E-state index in [0.717, 1.165) is 17.7 Å². The molecule has 1 heterocycles. The summed E-state index contributed by atoms with van der Waals surface area (Å²) in [6.07, 6.45) is 10.5. The van der Waals surface area contributed by atoms with Gasteiger partial charge < -0.3 is 5.11 Å². The van der Waals surface area contributed by atoms with Gasteiger partial charge in [0.15, 0.2) is 0 Å². The molecule has 0 unspecified atom stereocenters. The minimum Gasteiger partial charge on any atom is -0.478 e. The Morgan fingerprint density at radius 3 is 2.22 bits per heavy atom. The van der Waals surface area contributed by atoms with Crippen LogP contribution < -0.4 is 0 Å². The molecule has 0 bridgehead atoms. The lowest BCUT2D eigenvalue weighted by molar-refractivity contribution is 0.0697. The minimum absolute atomic E-state index is 0.136. The summed E-state index contributed by atoms with van der Waals surface area (Å²) >= 11 is 0. The van der Waals surface area contributed by atoms with Crippen molar-refractivity contribution < 1.29 is 9.90 Å². The standard InChI is InChI=1S/C28H32N2O2/c1-19-16-29-30(17-19)18-23-15-25-24(27(2,3)12-13-28(25,4)5)14-22(23)11-8-20-6-9-21(10-7-20)26(31)32/h6-11,14-17H,12-13,18H2,1-5H3,(H,31,32). The first kappa shape index (κ1) is 22.1. The number of hydrogen-bond acceptors (Lipinski definition) is 2. The van der Waals surface area contributed by atoms with Crippen LogP contribution in [0.1, 0.15) is 84.3 Å². The highest BCUT2D eigenvalue weighted by Crippen LogP contribution is 2.46. The molecule has 2 aromatic carbocycles. The SMILES string of the molecule is Cc1cnn(Cc2cc3c(cc2C=Cc2ccc(C(=O)O)cc2)C(C)(C)CCC3(C)C)c1. The van der Waals surface area contributed by atoms with Crippen LogP contribution in [0.15, 0.2) is 48.8 Å². The van der Waals surface area contributed by atoms with Crippen LogP contribution in [0, 0.1) is 6.92 Å². The molecule has 0 radical (unpaired) electrons. The third kappa shape index (κ3) is 4.40. The van der Waals surface area contributed by atoms with E-state index in [1.54, 1.807) is 12.1 Å². The van der Waals surface area contributed by atoms with Gasteiger partial charge in [-0.25, -0.2) is 4.79 Å². The van der Waals surface area contributed by atoms with Crippen LogP contribution in [0.3, 0.4) is 0 Å². The van der Waals surface area contributed by atoms with Crippen molar-refractivity contribution >= 4 is 18.1 Å². The summed E-state index contributed by atoms with van der Waals surface area (Å²) in [5, 5.41) is 13.7. The molecule has 4 rings (SSSR count). The predicted octanol–water partition coefficient (Wildman–Crippen LogP) is 6.46. The molecule has 0 saturated carbocycles. The van der Waals surface area contributed by atoms with Gasteiger partial charge in [-0.05, 0) is 76.1 Å². The Labute approximate surface area is 190 Å². The van der Waals surface area contributed by atoms with Crippen LogP contribution in [0.25, 0.3) is 12.2 Å². The zero-order valence-corrected chi connectivity index (χ0v) is 19.6. The Morgan fingerprint density at radius 2 is 1.66 bits per heavy atom. The largest absolute Gasteiger partial charge is 0.478 e. The number of aromatic nitrogens is 2. The molecule has 4 heteroatoms. The van der Waals surface area contributed by atoms with Gasteiger partial charge in [-0.1, -0.05) is 64.1 Å². The highest BCUT2D eigenvalue weighted by atomic mass is 16.4. The van der Waals surface area contributed by atoms with E-state index >= 15 is 0 Å². The van der Waals surface area contributed by atoms with Crippen molar-refractivity contribution in [2.45, 2.75) is 64.8 Å². The molecule has 1 aliphatic carbocycles. The van der Waals surface area contributed by atoms with Crippen LogP contribution in [0.4, 0.5) is 0 Å². The lowest BCUT2D eigenvalue weighted by atomic mass is 9.62. The Balaban J connectivity index is 1.79. The summed E-state index contributed by atoms with van der Waals surface area (Å²) in [4.78, 5) is 11.1. The van der Waals surface area contributed by atoms with Crippen LogP contribution >= 0.6 is 0 Å². The fourth-order valence-electron chi connectivity index (χ4n) is 4.62. The summed E-state index contributed by atoms with van der Waals surface area (Å²) in [5.41, 5.74) is 8.01. The molecule has 32 heavy (non-hydrogen) atoms. The number of fused-ring (bicyclic) bond motifs is 1. The number of carboxylic acid groups (broad SMARTS) is 1. The van der Waals surface area contributed by atoms with Crippen molar-refractivity contribution in [1.29, 1.82) is 0 Å².